The smallest absolute Gasteiger partial charge is 0.243 e. The normalized spacial score (nSPS) is 23.3. The third-order valence-electron chi connectivity index (χ3n) is 5.37. The van der Waals surface area contributed by atoms with Crippen LogP contribution in [0.1, 0.15) is 51.4 Å². The molecule has 2 saturated carbocycles. The summed E-state index contributed by atoms with van der Waals surface area (Å²) in [5, 5.41) is 7.00. The number of nitrogens with zero attached hydrogens (tertiary/aromatic N) is 3. The van der Waals surface area contributed by atoms with Gasteiger partial charge in [0.15, 0.2) is 5.96 Å². The van der Waals surface area contributed by atoms with Crippen molar-refractivity contribution in [2.24, 2.45) is 10.9 Å². The molecule has 0 bridgehead atoms. The Morgan fingerprint density at radius 2 is 1.48 bits per heavy atom. The van der Waals surface area contributed by atoms with E-state index in [9.17, 15) is 9.59 Å². The number of carbonyl (C=O) groups excluding carboxylic acids is 2. The summed E-state index contributed by atoms with van der Waals surface area (Å²) in [7, 11) is 7.13. The average molecular weight is 493 g/mol. The van der Waals surface area contributed by atoms with E-state index in [0.29, 0.717) is 6.04 Å². The van der Waals surface area contributed by atoms with Gasteiger partial charge in [0.25, 0.3) is 0 Å². The Hall–Kier alpha value is -1.06. The van der Waals surface area contributed by atoms with Gasteiger partial charge in [-0.15, -0.1) is 24.0 Å². The quantitative estimate of drug-likeness (QED) is 0.348. The monoisotopic (exact) mass is 493 g/mol. The van der Waals surface area contributed by atoms with E-state index >= 15 is 0 Å². The van der Waals surface area contributed by atoms with Crippen LogP contribution in [0.5, 0.6) is 0 Å². The number of guanidine groups is 1. The zero-order valence-corrected chi connectivity index (χ0v) is 19.5. The van der Waals surface area contributed by atoms with Crippen molar-refractivity contribution in [3.05, 3.63) is 0 Å². The summed E-state index contributed by atoms with van der Waals surface area (Å²) in [5.41, 5.74) is 0. The molecular formula is C19H36IN5O2. The first-order chi connectivity index (χ1) is 12.4. The number of rotatable bonds is 5. The molecule has 2 unspecified atom stereocenters. The van der Waals surface area contributed by atoms with Crippen molar-refractivity contribution in [3.63, 3.8) is 0 Å². The van der Waals surface area contributed by atoms with Gasteiger partial charge in [0.2, 0.25) is 11.8 Å². The lowest BCUT2D eigenvalue weighted by Gasteiger charge is -2.32. The highest BCUT2D eigenvalue weighted by Crippen LogP contribution is 2.25. The van der Waals surface area contributed by atoms with Crippen molar-refractivity contribution in [1.29, 1.82) is 0 Å². The molecule has 0 aromatic carbocycles. The minimum absolute atomic E-state index is 0. The van der Waals surface area contributed by atoms with Gasteiger partial charge in [0, 0.05) is 46.2 Å². The first-order valence-electron chi connectivity index (χ1n) is 9.85. The fourth-order valence-electron chi connectivity index (χ4n) is 3.79. The fraction of sp³-hybridized carbons (Fsp3) is 0.842. The van der Waals surface area contributed by atoms with Crippen LogP contribution in [0.4, 0.5) is 0 Å². The molecule has 2 fully saturated rings. The lowest BCUT2D eigenvalue weighted by atomic mass is 9.85. The molecule has 0 aromatic rings. The van der Waals surface area contributed by atoms with E-state index in [4.69, 9.17) is 0 Å². The second-order valence-corrected chi connectivity index (χ2v) is 8.02. The van der Waals surface area contributed by atoms with Gasteiger partial charge in [-0.25, -0.2) is 4.99 Å². The van der Waals surface area contributed by atoms with Gasteiger partial charge in [-0.3, -0.25) is 9.59 Å². The highest BCUT2D eigenvalue weighted by Gasteiger charge is 2.29. The summed E-state index contributed by atoms with van der Waals surface area (Å²) < 4.78 is 0. The van der Waals surface area contributed by atoms with E-state index in [1.165, 1.54) is 12.8 Å². The topological polar surface area (TPSA) is 77.0 Å². The summed E-state index contributed by atoms with van der Waals surface area (Å²) >= 11 is 0. The Morgan fingerprint density at radius 3 is 2.07 bits per heavy atom. The average Bonchev–Trinajstić information content (AvgIpc) is 3.11. The number of aliphatic imine (C=N–C) groups is 1. The van der Waals surface area contributed by atoms with Gasteiger partial charge in [0.05, 0.1) is 0 Å². The maximum absolute atomic E-state index is 12.3. The highest BCUT2D eigenvalue weighted by atomic mass is 127. The molecule has 27 heavy (non-hydrogen) atoms. The maximum Gasteiger partial charge on any atom is 0.243 e. The zero-order chi connectivity index (χ0) is 19.1. The number of carbonyl (C=O) groups is 2. The Labute approximate surface area is 180 Å². The summed E-state index contributed by atoms with van der Waals surface area (Å²) in [5.74, 6) is 0.991. The molecule has 7 nitrogen and oxygen atoms in total. The fourth-order valence-corrected chi connectivity index (χ4v) is 3.79. The molecule has 2 atom stereocenters. The van der Waals surface area contributed by atoms with E-state index in [1.54, 1.807) is 23.9 Å². The SMILES string of the molecule is CN(C)C(=O)CN=C(NC1CCCC1)NC1CCCC(C(=O)N(C)C)C1.I. The van der Waals surface area contributed by atoms with E-state index in [1.807, 2.05) is 14.1 Å². The van der Waals surface area contributed by atoms with Crippen molar-refractivity contribution in [2.45, 2.75) is 63.5 Å². The largest absolute Gasteiger partial charge is 0.354 e. The van der Waals surface area contributed by atoms with E-state index in [2.05, 4.69) is 15.6 Å². The number of hydrogen-bond donors (Lipinski definition) is 2. The van der Waals surface area contributed by atoms with Crippen LogP contribution in [0.25, 0.3) is 0 Å². The van der Waals surface area contributed by atoms with Crippen LogP contribution in [0, 0.1) is 5.92 Å². The van der Waals surface area contributed by atoms with Gasteiger partial charge in [-0.1, -0.05) is 19.3 Å². The Bertz CT molecular complexity index is 518. The second kappa shape index (κ2) is 11.7. The number of nitrogens with one attached hydrogen (secondary N) is 2. The molecule has 0 saturated heterocycles. The summed E-state index contributed by atoms with van der Waals surface area (Å²) in [6.07, 6.45) is 8.62. The van der Waals surface area contributed by atoms with Gasteiger partial charge in [-0.05, 0) is 32.1 Å². The van der Waals surface area contributed by atoms with E-state index < -0.39 is 0 Å². The Kier molecular flexibility index (Phi) is 10.4. The molecular weight excluding hydrogens is 457 g/mol. The van der Waals surface area contributed by atoms with Crippen molar-refractivity contribution in [1.82, 2.24) is 20.4 Å². The zero-order valence-electron chi connectivity index (χ0n) is 17.2. The second-order valence-electron chi connectivity index (χ2n) is 8.02. The third-order valence-corrected chi connectivity index (χ3v) is 5.37. The van der Waals surface area contributed by atoms with Crippen LogP contribution < -0.4 is 10.6 Å². The molecule has 0 aliphatic heterocycles. The maximum atomic E-state index is 12.3. The predicted octanol–water partition coefficient (Wildman–Crippen LogP) is 1.82. The first-order valence-corrected chi connectivity index (χ1v) is 9.85. The van der Waals surface area contributed by atoms with Gasteiger partial charge in [-0.2, -0.15) is 0 Å². The minimum atomic E-state index is -0.0122. The van der Waals surface area contributed by atoms with Gasteiger partial charge in [0.1, 0.15) is 6.54 Å². The molecule has 0 spiro atoms. The van der Waals surface area contributed by atoms with Crippen molar-refractivity contribution in [3.8, 4) is 0 Å². The summed E-state index contributed by atoms with van der Waals surface area (Å²) in [4.78, 5) is 32.0. The van der Waals surface area contributed by atoms with Crippen molar-refractivity contribution in [2.75, 3.05) is 34.7 Å². The molecule has 0 heterocycles. The molecule has 8 heteroatoms. The number of halogens is 1. The Morgan fingerprint density at radius 1 is 0.889 bits per heavy atom. The van der Waals surface area contributed by atoms with Crippen LogP contribution in [0.3, 0.4) is 0 Å². The molecule has 156 valence electrons. The minimum Gasteiger partial charge on any atom is -0.354 e. The Balaban J connectivity index is 0.00000364. The summed E-state index contributed by atoms with van der Waals surface area (Å²) in [6.45, 7) is 0.141. The molecule has 2 N–H and O–H groups in total. The van der Waals surface area contributed by atoms with Gasteiger partial charge < -0.3 is 20.4 Å². The number of likely N-dealkylation sites (N-methyl/N-ethyl adjacent to an activating group) is 1. The van der Waals surface area contributed by atoms with Crippen LogP contribution in [0.15, 0.2) is 4.99 Å². The first kappa shape index (κ1) is 24.0. The summed E-state index contributed by atoms with van der Waals surface area (Å²) in [6, 6.07) is 0.651. The van der Waals surface area contributed by atoms with Crippen molar-refractivity contribution >= 4 is 41.8 Å². The third kappa shape index (κ3) is 7.83. The van der Waals surface area contributed by atoms with Crippen LogP contribution in [0.2, 0.25) is 0 Å². The lowest BCUT2D eigenvalue weighted by molar-refractivity contribution is -0.134. The van der Waals surface area contributed by atoms with Crippen LogP contribution in [-0.2, 0) is 9.59 Å². The van der Waals surface area contributed by atoms with Crippen molar-refractivity contribution < 1.29 is 9.59 Å². The standard InChI is InChI=1S/C19H35N5O2.HI/c1-23(2)17(25)13-20-19(21-15-9-5-6-10-15)22-16-11-7-8-14(12-16)18(26)24(3)4;/h14-16H,5-13H2,1-4H3,(H2,20,21,22);1H. The molecule has 2 rings (SSSR count). The molecule has 2 aliphatic rings. The molecule has 2 amide bonds. The number of amides is 2. The van der Waals surface area contributed by atoms with E-state index in [0.717, 1.165) is 44.5 Å². The van der Waals surface area contributed by atoms with Crippen LogP contribution >= 0.6 is 24.0 Å². The molecule has 0 aromatic heterocycles. The highest BCUT2D eigenvalue weighted by molar-refractivity contribution is 14.0. The molecule has 2 aliphatic carbocycles. The molecule has 0 radical (unpaired) electrons. The van der Waals surface area contributed by atoms with E-state index in [-0.39, 0.29) is 54.3 Å². The lowest BCUT2D eigenvalue weighted by Crippen LogP contribution is -2.49. The predicted molar refractivity (Wildman–Crippen MR) is 119 cm³/mol. The van der Waals surface area contributed by atoms with Gasteiger partial charge >= 0.3 is 0 Å². The van der Waals surface area contributed by atoms with Crippen LogP contribution in [-0.4, -0.2) is 74.4 Å². The number of hydrogen-bond acceptors (Lipinski definition) is 3.